The Labute approximate surface area is 142 Å². The van der Waals surface area contributed by atoms with Crippen molar-refractivity contribution in [3.8, 4) is 0 Å². The summed E-state index contributed by atoms with van der Waals surface area (Å²) in [4.78, 5) is 9.75. The Morgan fingerprint density at radius 3 is 2.55 bits per heavy atom. The minimum absolute atomic E-state index is 0.216. The minimum atomic E-state index is 0.216. The number of halogens is 2. The van der Waals surface area contributed by atoms with Gasteiger partial charge < -0.3 is 10.6 Å². The lowest BCUT2D eigenvalue weighted by molar-refractivity contribution is 0.224. The highest BCUT2D eigenvalue weighted by atomic mass is 79.9. The fourth-order valence-electron chi connectivity index (χ4n) is 2.52. The molecule has 1 aliphatic heterocycles. The monoisotopic (exact) mass is 420 g/mol. The van der Waals surface area contributed by atoms with E-state index in [-0.39, 0.29) is 6.04 Å². The third-order valence-corrected chi connectivity index (χ3v) is 4.85. The Morgan fingerprint density at radius 2 is 2.05 bits per heavy atom. The van der Waals surface area contributed by atoms with Crippen molar-refractivity contribution in [2.45, 2.75) is 19.4 Å². The first-order valence-corrected chi connectivity index (χ1v) is 8.61. The van der Waals surface area contributed by atoms with E-state index in [2.05, 4.69) is 53.6 Å². The van der Waals surface area contributed by atoms with E-state index in [0.29, 0.717) is 4.99 Å². The van der Waals surface area contributed by atoms with Crippen molar-refractivity contribution in [1.82, 2.24) is 9.88 Å². The maximum atomic E-state index is 5.82. The third kappa shape index (κ3) is 3.69. The summed E-state index contributed by atoms with van der Waals surface area (Å²) in [6, 6.07) is 2.24. The van der Waals surface area contributed by atoms with Gasteiger partial charge in [0.05, 0.1) is 15.5 Å². The van der Waals surface area contributed by atoms with E-state index in [1.165, 1.54) is 0 Å². The molecule has 0 spiro atoms. The summed E-state index contributed by atoms with van der Waals surface area (Å²) >= 11 is 12.2. The average molecular weight is 422 g/mol. The van der Waals surface area contributed by atoms with Crippen molar-refractivity contribution in [1.29, 1.82) is 0 Å². The van der Waals surface area contributed by atoms with Crippen LogP contribution in [0.5, 0.6) is 0 Å². The molecule has 1 fully saturated rings. The van der Waals surface area contributed by atoms with Gasteiger partial charge in [-0.2, -0.15) is 0 Å². The lowest BCUT2D eigenvalue weighted by Gasteiger charge is -2.39. The van der Waals surface area contributed by atoms with Gasteiger partial charge in [0.15, 0.2) is 0 Å². The van der Waals surface area contributed by atoms with E-state index in [1.807, 2.05) is 12.3 Å². The van der Waals surface area contributed by atoms with Gasteiger partial charge in [0.2, 0.25) is 0 Å². The Balaban J connectivity index is 2.02. The number of hydrogen-bond donors (Lipinski definition) is 1. The molecule has 1 unspecified atom stereocenters. The molecule has 1 aromatic rings. The summed E-state index contributed by atoms with van der Waals surface area (Å²) in [6.45, 7) is 5.92. The molecular weight excluding hydrogens is 404 g/mol. The lowest BCUT2D eigenvalue weighted by Crippen LogP contribution is -2.53. The van der Waals surface area contributed by atoms with E-state index in [9.17, 15) is 0 Å². The normalized spacial score (nSPS) is 18.1. The van der Waals surface area contributed by atoms with Crippen LogP contribution in [0.15, 0.2) is 21.2 Å². The number of piperazine rings is 1. The molecular formula is C13H18Br2N4S. The first-order valence-electron chi connectivity index (χ1n) is 6.62. The largest absolute Gasteiger partial charge is 0.392 e. The van der Waals surface area contributed by atoms with Gasteiger partial charge in [-0.15, -0.1) is 0 Å². The van der Waals surface area contributed by atoms with Crippen molar-refractivity contribution in [2.75, 3.05) is 31.1 Å². The fourth-order valence-corrected chi connectivity index (χ4v) is 4.08. The molecule has 2 N–H and O–H groups in total. The van der Waals surface area contributed by atoms with Gasteiger partial charge >= 0.3 is 0 Å². The molecule has 20 heavy (non-hydrogen) atoms. The predicted octanol–water partition coefficient (Wildman–Crippen LogP) is 2.79. The standard InChI is InChI=1S/C13H18Br2N4S/c1-2-11(12(16)20)18-3-5-19(6-4-18)13-10(15)7-9(14)8-17-13/h7-8,11H,2-6H2,1H3,(H2,16,20). The van der Waals surface area contributed by atoms with Crippen LogP contribution in [0, 0.1) is 0 Å². The van der Waals surface area contributed by atoms with Gasteiger partial charge in [-0.25, -0.2) is 4.98 Å². The third-order valence-electron chi connectivity index (χ3n) is 3.56. The quantitative estimate of drug-likeness (QED) is 0.757. The summed E-state index contributed by atoms with van der Waals surface area (Å²) in [5.41, 5.74) is 5.82. The fraction of sp³-hybridized carbons (Fsp3) is 0.538. The van der Waals surface area contributed by atoms with Gasteiger partial charge in [-0.05, 0) is 44.3 Å². The summed E-state index contributed by atoms with van der Waals surface area (Å²) in [5, 5.41) is 0. The molecule has 0 bridgehead atoms. The smallest absolute Gasteiger partial charge is 0.143 e. The summed E-state index contributed by atoms with van der Waals surface area (Å²) in [6.07, 6.45) is 2.80. The molecule has 7 heteroatoms. The number of rotatable bonds is 4. The second kappa shape index (κ2) is 7.15. The molecule has 4 nitrogen and oxygen atoms in total. The molecule has 1 atom stereocenters. The van der Waals surface area contributed by atoms with Gasteiger partial charge in [0.1, 0.15) is 5.82 Å². The van der Waals surface area contributed by atoms with Crippen LogP contribution in [0.4, 0.5) is 5.82 Å². The van der Waals surface area contributed by atoms with Gasteiger partial charge in [-0.3, -0.25) is 4.90 Å². The average Bonchev–Trinajstić information content (AvgIpc) is 2.40. The van der Waals surface area contributed by atoms with E-state index >= 15 is 0 Å². The second-order valence-electron chi connectivity index (χ2n) is 4.81. The molecule has 0 aromatic carbocycles. The van der Waals surface area contributed by atoms with E-state index in [1.54, 1.807) is 0 Å². The molecule has 0 radical (unpaired) electrons. The highest BCUT2D eigenvalue weighted by Gasteiger charge is 2.25. The molecule has 1 aromatic heterocycles. The summed E-state index contributed by atoms with van der Waals surface area (Å²) in [7, 11) is 0. The SMILES string of the molecule is CCC(C(N)=S)N1CCN(c2ncc(Br)cc2Br)CC1. The second-order valence-corrected chi connectivity index (χ2v) is 7.05. The Morgan fingerprint density at radius 1 is 1.40 bits per heavy atom. The van der Waals surface area contributed by atoms with Crippen LogP contribution < -0.4 is 10.6 Å². The topological polar surface area (TPSA) is 45.4 Å². The Bertz CT molecular complexity index is 489. The predicted molar refractivity (Wildman–Crippen MR) is 94.3 cm³/mol. The van der Waals surface area contributed by atoms with E-state index in [0.717, 1.165) is 47.4 Å². The minimum Gasteiger partial charge on any atom is -0.392 e. The zero-order chi connectivity index (χ0) is 14.7. The molecule has 1 aliphatic rings. The first-order chi connectivity index (χ1) is 9.52. The number of aromatic nitrogens is 1. The molecule has 110 valence electrons. The Hall–Kier alpha value is -0.240. The zero-order valence-electron chi connectivity index (χ0n) is 11.4. The number of thiocarbonyl (C=S) groups is 1. The van der Waals surface area contributed by atoms with Crippen LogP contribution in [0.3, 0.4) is 0 Å². The van der Waals surface area contributed by atoms with E-state index < -0.39 is 0 Å². The maximum Gasteiger partial charge on any atom is 0.143 e. The van der Waals surface area contributed by atoms with Crippen LogP contribution in [0.25, 0.3) is 0 Å². The van der Waals surface area contributed by atoms with Crippen LogP contribution in [-0.2, 0) is 0 Å². The molecule has 1 saturated heterocycles. The highest BCUT2D eigenvalue weighted by molar-refractivity contribution is 9.11. The van der Waals surface area contributed by atoms with Crippen LogP contribution >= 0.6 is 44.1 Å². The molecule has 0 aliphatic carbocycles. The van der Waals surface area contributed by atoms with Crippen molar-refractivity contribution < 1.29 is 0 Å². The van der Waals surface area contributed by atoms with Crippen molar-refractivity contribution in [3.05, 3.63) is 21.2 Å². The Kier molecular flexibility index (Phi) is 5.77. The van der Waals surface area contributed by atoms with E-state index in [4.69, 9.17) is 18.0 Å². The van der Waals surface area contributed by atoms with Gasteiger partial charge in [0, 0.05) is 36.8 Å². The summed E-state index contributed by atoms with van der Waals surface area (Å²) in [5.74, 6) is 0.997. The van der Waals surface area contributed by atoms with Crippen LogP contribution in [-0.4, -0.2) is 47.1 Å². The van der Waals surface area contributed by atoms with Crippen molar-refractivity contribution in [2.24, 2.45) is 5.73 Å². The molecule has 0 saturated carbocycles. The van der Waals surface area contributed by atoms with Crippen LogP contribution in [0.1, 0.15) is 13.3 Å². The maximum absolute atomic E-state index is 5.82. The van der Waals surface area contributed by atoms with Crippen LogP contribution in [0.2, 0.25) is 0 Å². The highest BCUT2D eigenvalue weighted by Crippen LogP contribution is 2.27. The molecule has 2 rings (SSSR count). The first kappa shape index (κ1) is 16.1. The number of nitrogens with two attached hydrogens (primary N) is 1. The number of hydrogen-bond acceptors (Lipinski definition) is 4. The molecule has 2 heterocycles. The number of anilines is 1. The number of pyridine rings is 1. The zero-order valence-corrected chi connectivity index (χ0v) is 15.3. The van der Waals surface area contributed by atoms with Gasteiger partial charge in [-0.1, -0.05) is 19.1 Å². The summed E-state index contributed by atoms with van der Waals surface area (Å²) < 4.78 is 1.99. The lowest BCUT2D eigenvalue weighted by atomic mass is 10.1. The van der Waals surface area contributed by atoms with Crippen molar-refractivity contribution in [3.63, 3.8) is 0 Å². The van der Waals surface area contributed by atoms with Crippen molar-refractivity contribution >= 4 is 54.9 Å². The van der Waals surface area contributed by atoms with Gasteiger partial charge in [0.25, 0.3) is 0 Å². The number of nitrogens with zero attached hydrogens (tertiary/aromatic N) is 3. The molecule has 0 amide bonds.